The first-order chi connectivity index (χ1) is 7.88. The van der Waals surface area contributed by atoms with E-state index in [4.69, 9.17) is 13.9 Å². The van der Waals surface area contributed by atoms with Crippen molar-refractivity contribution in [3.8, 4) is 5.75 Å². The van der Waals surface area contributed by atoms with Gasteiger partial charge in [-0.3, -0.25) is 4.79 Å². The molecule has 0 amide bonds. The quantitative estimate of drug-likeness (QED) is 0.582. The smallest absolute Gasteiger partial charge is 0.154 e. The van der Waals surface area contributed by atoms with Crippen molar-refractivity contribution < 1.29 is 18.7 Å². The van der Waals surface area contributed by atoms with E-state index in [1.54, 1.807) is 24.5 Å². The fraction of sp³-hybridized carbons (Fsp3) is 0.250. The van der Waals surface area contributed by atoms with E-state index in [1.165, 1.54) is 0 Å². The predicted octanol–water partition coefficient (Wildman–Crippen LogP) is 2.02. The highest BCUT2D eigenvalue weighted by Crippen LogP contribution is 2.28. The zero-order valence-corrected chi connectivity index (χ0v) is 8.51. The van der Waals surface area contributed by atoms with E-state index in [9.17, 15) is 4.79 Å². The molecule has 1 aromatic carbocycles. The zero-order chi connectivity index (χ0) is 11.0. The van der Waals surface area contributed by atoms with Gasteiger partial charge in [0, 0.05) is 5.39 Å². The Kier molecular flexibility index (Phi) is 2.15. The Morgan fingerprint density at radius 1 is 1.44 bits per heavy atom. The van der Waals surface area contributed by atoms with Crippen LogP contribution in [0, 0.1) is 0 Å². The Morgan fingerprint density at radius 3 is 3.06 bits per heavy atom. The Labute approximate surface area is 91.7 Å². The molecular weight excluding hydrogens is 208 g/mol. The van der Waals surface area contributed by atoms with Crippen molar-refractivity contribution in [3.63, 3.8) is 0 Å². The Hall–Kier alpha value is -1.81. The average Bonchev–Trinajstić information content (AvgIpc) is 3.01. The highest BCUT2D eigenvalue weighted by atomic mass is 16.6. The van der Waals surface area contributed by atoms with Crippen LogP contribution in [0.15, 0.2) is 28.9 Å². The summed E-state index contributed by atoms with van der Waals surface area (Å²) in [4.78, 5) is 11.0. The van der Waals surface area contributed by atoms with Gasteiger partial charge < -0.3 is 13.9 Å². The molecule has 16 heavy (non-hydrogen) atoms. The van der Waals surface area contributed by atoms with Crippen LogP contribution in [0.2, 0.25) is 0 Å². The first-order valence-corrected chi connectivity index (χ1v) is 5.08. The van der Waals surface area contributed by atoms with Gasteiger partial charge in [0.05, 0.1) is 18.4 Å². The fourth-order valence-electron chi connectivity index (χ4n) is 1.64. The molecule has 1 aromatic heterocycles. The highest BCUT2D eigenvalue weighted by Gasteiger charge is 2.23. The fourth-order valence-corrected chi connectivity index (χ4v) is 1.64. The first kappa shape index (κ1) is 9.42. The Bertz CT molecular complexity index is 525. The van der Waals surface area contributed by atoms with E-state index in [2.05, 4.69) is 0 Å². The molecule has 1 aliphatic rings. The van der Waals surface area contributed by atoms with E-state index in [0.29, 0.717) is 23.5 Å². The lowest BCUT2D eigenvalue weighted by molar-refractivity contribution is 0.112. The topological polar surface area (TPSA) is 52.0 Å². The minimum absolute atomic E-state index is 0.180. The lowest BCUT2D eigenvalue weighted by Crippen LogP contribution is -2.05. The SMILES string of the molecule is O=Cc1c(OC[C@@H]2CO2)ccc2occc12. The summed E-state index contributed by atoms with van der Waals surface area (Å²) in [6.07, 6.45) is 2.53. The van der Waals surface area contributed by atoms with Gasteiger partial charge in [-0.1, -0.05) is 0 Å². The predicted molar refractivity (Wildman–Crippen MR) is 56.8 cm³/mol. The van der Waals surface area contributed by atoms with E-state index in [0.717, 1.165) is 18.3 Å². The number of furan rings is 1. The number of carbonyl (C=O) groups excluding carboxylic acids is 1. The molecule has 2 heterocycles. The maximum absolute atomic E-state index is 11.0. The van der Waals surface area contributed by atoms with Crippen molar-refractivity contribution in [1.82, 2.24) is 0 Å². The van der Waals surface area contributed by atoms with Crippen molar-refractivity contribution in [2.75, 3.05) is 13.2 Å². The molecule has 82 valence electrons. The Balaban J connectivity index is 1.97. The molecule has 1 saturated heterocycles. The van der Waals surface area contributed by atoms with E-state index in [1.807, 2.05) is 0 Å². The van der Waals surface area contributed by atoms with Gasteiger partial charge in [-0.2, -0.15) is 0 Å². The molecule has 0 spiro atoms. The van der Waals surface area contributed by atoms with Crippen LogP contribution in [0.3, 0.4) is 0 Å². The number of epoxide rings is 1. The van der Waals surface area contributed by atoms with E-state index in [-0.39, 0.29) is 6.10 Å². The molecule has 1 fully saturated rings. The molecule has 4 heteroatoms. The standard InChI is InChI=1S/C12H10O4/c13-5-10-9-3-4-14-11(9)1-2-12(10)16-7-8-6-15-8/h1-5,8H,6-7H2/t8-/m0/s1. The van der Waals surface area contributed by atoms with E-state index < -0.39 is 0 Å². The maximum atomic E-state index is 11.0. The molecule has 1 aliphatic heterocycles. The number of aldehydes is 1. The second kappa shape index (κ2) is 3.64. The molecular formula is C12H10O4. The molecule has 2 aromatic rings. The van der Waals surface area contributed by atoms with Crippen LogP contribution < -0.4 is 4.74 Å². The molecule has 0 saturated carbocycles. The van der Waals surface area contributed by atoms with Gasteiger partial charge in [0.15, 0.2) is 6.29 Å². The second-order valence-electron chi connectivity index (χ2n) is 3.69. The van der Waals surface area contributed by atoms with Gasteiger partial charge in [-0.05, 0) is 18.2 Å². The number of hydrogen-bond acceptors (Lipinski definition) is 4. The number of carbonyl (C=O) groups is 1. The summed E-state index contributed by atoms with van der Waals surface area (Å²) >= 11 is 0. The zero-order valence-electron chi connectivity index (χ0n) is 8.51. The summed E-state index contributed by atoms with van der Waals surface area (Å²) < 4.78 is 15.8. The van der Waals surface area contributed by atoms with Crippen LogP contribution in [0.5, 0.6) is 5.75 Å². The van der Waals surface area contributed by atoms with Gasteiger partial charge in [0.25, 0.3) is 0 Å². The normalized spacial score (nSPS) is 18.6. The van der Waals surface area contributed by atoms with Crippen molar-refractivity contribution in [3.05, 3.63) is 30.0 Å². The lowest BCUT2D eigenvalue weighted by atomic mass is 10.1. The Morgan fingerprint density at radius 2 is 2.31 bits per heavy atom. The number of hydrogen-bond donors (Lipinski definition) is 0. The molecule has 3 rings (SSSR count). The van der Waals surface area contributed by atoms with Gasteiger partial charge >= 0.3 is 0 Å². The third-order valence-electron chi connectivity index (χ3n) is 2.58. The molecule has 1 atom stereocenters. The molecule has 0 unspecified atom stereocenters. The van der Waals surface area contributed by atoms with Crippen LogP contribution in [0.1, 0.15) is 10.4 Å². The van der Waals surface area contributed by atoms with Gasteiger partial charge in [-0.25, -0.2) is 0 Å². The number of ether oxygens (including phenoxy) is 2. The minimum Gasteiger partial charge on any atom is -0.490 e. The van der Waals surface area contributed by atoms with Crippen molar-refractivity contribution >= 4 is 17.3 Å². The van der Waals surface area contributed by atoms with E-state index >= 15 is 0 Å². The maximum Gasteiger partial charge on any atom is 0.154 e. The summed E-state index contributed by atoms with van der Waals surface area (Å²) in [5.74, 6) is 0.583. The largest absolute Gasteiger partial charge is 0.490 e. The average molecular weight is 218 g/mol. The van der Waals surface area contributed by atoms with Gasteiger partial charge in [-0.15, -0.1) is 0 Å². The number of rotatable bonds is 4. The van der Waals surface area contributed by atoms with Crippen molar-refractivity contribution in [2.24, 2.45) is 0 Å². The third-order valence-corrected chi connectivity index (χ3v) is 2.58. The second-order valence-corrected chi connectivity index (χ2v) is 3.69. The number of benzene rings is 1. The van der Waals surface area contributed by atoms with Gasteiger partial charge in [0.1, 0.15) is 24.0 Å². The highest BCUT2D eigenvalue weighted by molar-refractivity contribution is 5.98. The number of fused-ring (bicyclic) bond motifs is 1. The molecule has 0 radical (unpaired) electrons. The molecule has 4 nitrogen and oxygen atoms in total. The minimum atomic E-state index is 0.180. The van der Waals surface area contributed by atoms with Crippen LogP contribution in [0.4, 0.5) is 0 Å². The van der Waals surface area contributed by atoms with Crippen LogP contribution in [0.25, 0.3) is 11.0 Å². The van der Waals surface area contributed by atoms with Crippen LogP contribution in [-0.4, -0.2) is 25.6 Å². The summed E-state index contributed by atoms with van der Waals surface area (Å²) in [5, 5.41) is 0.782. The lowest BCUT2D eigenvalue weighted by Gasteiger charge is -2.06. The molecule has 0 bridgehead atoms. The molecule has 0 aliphatic carbocycles. The van der Waals surface area contributed by atoms with Crippen molar-refractivity contribution in [2.45, 2.75) is 6.10 Å². The van der Waals surface area contributed by atoms with Crippen LogP contribution >= 0.6 is 0 Å². The summed E-state index contributed by atoms with van der Waals surface area (Å²) in [6, 6.07) is 5.31. The van der Waals surface area contributed by atoms with Crippen molar-refractivity contribution in [1.29, 1.82) is 0 Å². The first-order valence-electron chi connectivity index (χ1n) is 5.08. The van der Waals surface area contributed by atoms with Crippen LogP contribution in [-0.2, 0) is 4.74 Å². The molecule has 0 N–H and O–H groups in total. The summed E-state index contributed by atoms with van der Waals surface area (Å²) in [6.45, 7) is 1.23. The summed E-state index contributed by atoms with van der Waals surface area (Å²) in [7, 11) is 0. The summed E-state index contributed by atoms with van der Waals surface area (Å²) in [5.41, 5.74) is 1.23. The third kappa shape index (κ3) is 1.57. The monoisotopic (exact) mass is 218 g/mol. The van der Waals surface area contributed by atoms with Gasteiger partial charge in [0.2, 0.25) is 0 Å².